The fourth-order valence-corrected chi connectivity index (χ4v) is 1.56. The van der Waals surface area contributed by atoms with Crippen molar-refractivity contribution in [3.05, 3.63) is 69.7 Å². The van der Waals surface area contributed by atoms with Crippen LogP contribution in [0.4, 0.5) is 5.69 Å². The lowest BCUT2D eigenvalue weighted by Gasteiger charge is -1.94. The van der Waals surface area contributed by atoms with Gasteiger partial charge in [0, 0.05) is 12.1 Å². The van der Waals surface area contributed by atoms with Crippen LogP contribution in [0.15, 0.2) is 46.9 Å². The minimum Gasteiger partial charge on any atom is -0.458 e. The number of allylic oxidation sites excluding steroid dienone is 1. The first-order valence-corrected chi connectivity index (χ1v) is 5.59. The average Bonchev–Trinajstić information content (AvgIpc) is 2.83. The molecule has 0 fully saturated rings. The topological polar surface area (TPSA) is 73.3 Å². The van der Waals surface area contributed by atoms with Crippen molar-refractivity contribution in [2.75, 3.05) is 0 Å². The fourth-order valence-electron chi connectivity index (χ4n) is 1.56. The van der Waals surface area contributed by atoms with E-state index in [2.05, 4.69) is 0 Å². The number of carbonyl (C=O) groups is 1. The van der Waals surface area contributed by atoms with E-state index in [4.69, 9.17) is 4.42 Å². The second kappa shape index (κ2) is 5.30. The Morgan fingerprint density at radius 3 is 2.74 bits per heavy atom. The molecular formula is C14H11NO4. The SMILES string of the molecule is Cc1ccc(C(=O)C=Cc2cccc([N+](=O)[O-])c2)o1. The summed E-state index contributed by atoms with van der Waals surface area (Å²) >= 11 is 0. The minimum absolute atomic E-state index is 0.0107. The number of nitro groups is 1. The van der Waals surface area contributed by atoms with Gasteiger partial charge in [-0.15, -0.1) is 0 Å². The normalized spacial score (nSPS) is 10.8. The smallest absolute Gasteiger partial charge is 0.270 e. The van der Waals surface area contributed by atoms with Gasteiger partial charge in [-0.25, -0.2) is 0 Å². The number of carbonyl (C=O) groups excluding carboxylic acids is 1. The van der Waals surface area contributed by atoms with Crippen molar-refractivity contribution in [3.8, 4) is 0 Å². The number of hydrogen-bond acceptors (Lipinski definition) is 4. The molecule has 0 radical (unpaired) electrons. The van der Waals surface area contributed by atoms with E-state index in [0.717, 1.165) is 0 Å². The first-order valence-electron chi connectivity index (χ1n) is 5.59. The molecule has 0 spiro atoms. The predicted molar refractivity (Wildman–Crippen MR) is 69.9 cm³/mol. The first-order chi connectivity index (χ1) is 9.06. The Morgan fingerprint density at radius 1 is 1.32 bits per heavy atom. The van der Waals surface area contributed by atoms with E-state index in [1.165, 1.54) is 24.3 Å². The molecule has 0 N–H and O–H groups in total. The summed E-state index contributed by atoms with van der Waals surface area (Å²) in [5.74, 6) is 0.630. The summed E-state index contributed by atoms with van der Waals surface area (Å²) in [4.78, 5) is 21.9. The molecule has 0 aliphatic carbocycles. The van der Waals surface area contributed by atoms with Crippen LogP contribution < -0.4 is 0 Å². The Bertz CT molecular complexity index is 655. The molecule has 0 unspecified atom stereocenters. The van der Waals surface area contributed by atoms with Crippen LogP contribution in [-0.4, -0.2) is 10.7 Å². The zero-order valence-electron chi connectivity index (χ0n) is 10.2. The summed E-state index contributed by atoms with van der Waals surface area (Å²) in [6.07, 6.45) is 2.85. The second-order valence-corrected chi connectivity index (χ2v) is 3.96. The van der Waals surface area contributed by atoms with Crippen molar-refractivity contribution in [3.63, 3.8) is 0 Å². The van der Waals surface area contributed by atoms with Gasteiger partial charge in [-0.1, -0.05) is 18.2 Å². The van der Waals surface area contributed by atoms with E-state index in [0.29, 0.717) is 11.3 Å². The number of benzene rings is 1. The lowest BCUT2D eigenvalue weighted by atomic mass is 10.1. The molecule has 0 amide bonds. The van der Waals surface area contributed by atoms with Gasteiger partial charge in [0.1, 0.15) is 5.76 Å². The van der Waals surface area contributed by atoms with Crippen LogP contribution in [0.1, 0.15) is 21.9 Å². The molecule has 0 aliphatic rings. The maximum atomic E-state index is 11.7. The van der Waals surface area contributed by atoms with Crippen LogP contribution in [0, 0.1) is 17.0 Å². The number of ketones is 1. The highest BCUT2D eigenvalue weighted by Crippen LogP contribution is 2.15. The maximum absolute atomic E-state index is 11.7. The summed E-state index contributed by atoms with van der Waals surface area (Å²) in [5.41, 5.74) is 0.578. The van der Waals surface area contributed by atoms with Gasteiger partial charge in [-0.3, -0.25) is 14.9 Å². The van der Waals surface area contributed by atoms with Crippen LogP contribution in [0.25, 0.3) is 6.08 Å². The van der Waals surface area contributed by atoms with Crippen molar-refractivity contribution < 1.29 is 14.1 Å². The van der Waals surface area contributed by atoms with Crippen molar-refractivity contribution >= 4 is 17.5 Å². The lowest BCUT2D eigenvalue weighted by molar-refractivity contribution is -0.384. The fraction of sp³-hybridized carbons (Fsp3) is 0.0714. The Hall–Kier alpha value is -2.69. The van der Waals surface area contributed by atoms with E-state index in [1.54, 1.807) is 31.2 Å². The van der Waals surface area contributed by atoms with Gasteiger partial charge in [-0.05, 0) is 30.7 Å². The number of nitrogens with zero attached hydrogens (tertiary/aromatic N) is 1. The minimum atomic E-state index is -0.477. The Labute approximate surface area is 109 Å². The van der Waals surface area contributed by atoms with Gasteiger partial charge in [0.15, 0.2) is 5.76 Å². The van der Waals surface area contributed by atoms with Crippen molar-refractivity contribution in [2.24, 2.45) is 0 Å². The highest BCUT2D eigenvalue weighted by atomic mass is 16.6. The Kier molecular flexibility index (Phi) is 3.56. The number of non-ortho nitro benzene ring substituents is 1. The number of rotatable bonds is 4. The standard InChI is InChI=1S/C14H11NO4/c1-10-5-8-14(19-10)13(16)7-6-11-3-2-4-12(9-11)15(17)18/h2-9H,1H3. The van der Waals surface area contributed by atoms with Crippen LogP contribution >= 0.6 is 0 Å². The number of aryl methyl sites for hydroxylation is 1. The molecule has 1 heterocycles. The Morgan fingerprint density at radius 2 is 2.11 bits per heavy atom. The van der Waals surface area contributed by atoms with Crippen LogP contribution in [-0.2, 0) is 0 Å². The summed E-state index contributed by atoms with van der Waals surface area (Å²) in [7, 11) is 0. The summed E-state index contributed by atoms with van der Waals surface area (Å²) in [6, 6.07) is 9.35. The van der Waals surface area contributed by atoms with Crippen LogP contribution in [0.3, 0.4) is 0 Å². The Balaban J connectivity index is 2.16. The number of nitro benzene ring substituents is 1. The third-order valence-electron chi connectivity index (χ3n) is 2.49. The summed E-state index contributed by atoms with van der Waals surface area (Å²) < 4.78 is 5.19. The van der Waals surface area contributed by atoms with E-state index in [1.807, 2.05) is 0 Å². The van der Waals surface area contributed by atoms with Gasteiger partial charge >= 0.3 is 0 Å². The molecule has 1 aromatic heterocycles. The molecule has 5 nitrogen and oxygen atoms in total. The van der Waals surface area contributed by atoms with Gasteiger partial charge in [0.05, 0.1) is 4.92 Å². The molecule has 0 saturated carbocycles. The molecule has 2 rings (SSSR count). The highest BCUT2D eigenvalue weighted by molar-refractivity contribution is 6.04. The molecule has 0 saturated heterocycles. The first kappa shape index (κ1) is 12.8. The zero-order valence-corrected chi connectivity index (χ0v) is 10.2. The molecule has 1 aromatic carbocycles. The summed E-state index contributed by atoms with van der Waals surface area (Å²) in [5, 5.41) is 10.6. The van der Waals surface area contributed by atoms with Gasteiger partial charge in [-0.2, -0.15) is 0 Å². The zero-order chi connectivity index (χ0) is 13.8. The predicted octanol–water partition coefficient (Wildman–Crippen LogP) is 3.39. The average molecular weight is 257 g/mol. The third kappa shape index (κ3) is 3.16. The lowest BCUT2D eigenvalue weighted by Crippen LogP contribution is -1.91. The maximum Gasteiger partial charge on any atom is 0.270 e. The molecule has 5 heteroatoms. The largest absolute Gasteiger partial charge is 0.458 e. The molecule has 0 atom stereocenters. The summed E-state index contributed by atoms with van der Waals surface area (Å²) in [6.45, 7) is 1.75. The van der Waals surface area contributed by atoms with E-state index in [-0.39, 0.29) is 17.2 Å². The molecule has 19 heavy (non-hydrogen) atoms. The van der Waals surface area contributed by atoms with Crippen LogP contribution in [0.2, 0.25) is 0 Å². The molecule has 96 valence electrons. The molecule has 2 aromatic rings. The molecule has 0 aliphatic heterocycles. The second-order valence-electron chi connectivity index (χ2n) is 3.96. The van der Waals surface area contributed by atoms with E-state index >= 15 is 0 Å². The van der Waals surface area contributed by atoms with E-state index in [9.17, 15) is 14.9 Å². The quantitative estimate of drug-likeness (QED) is 0.364. The van der Waals surface area contributed by atoms with Gasteiger partial charge in [0.25, 0.3) is 5.69 Å². The highest BCUT2D eigenvalue weighted by Gasteiger charge is 2.07. The van der Waals surface area contributed by atoms with Crippen molar-refractivity contribution in [1.82, 2.24) is 0 Å². The van der Waals surface area contributed by atoms with Gasteiger partial charge < -0.3 is 4.42 Å². The van der Waals surface area contributed by atoms with E-state index < -0.39 is 4.92 Å². The molecule has 0 bridgehead atoms. The monoisotopic (exact) mass is 257 g/mol. The van der Waals surface area contributed by atoms with Crippen LogP contribution in [0.5, 0.6) is 0 Å². The van der Waals surface area contributed by atoms with Crippen molar-refractivity contribution in [2.45, 2.75) is 6.92 Å². The van der Waals surface area contributed by atoms with Crippen molar-refractivity contribution in [1.29, 1.82) is 0 Å². The number of furan rings is 1. The third-order valence-corrected chi connectivity index (χ3v) is 2.49. The molecular weight excluding hydrogens is 246 g/mol. The number of hydrogen-bond donors (Lipinski definition) is 0. The van der Waals surface area contributed by atoms with Gasteiger partial charge in [0.2, 0.25) is 5.78 Å².